The molecule has 1 unspecified atom stereocenters. The van der Waals surface area contributed by atoms with Crippen LogP contribution in [0.3, 0.4) is 0 Å². The first-order valence-electron chi connectivity index (χ1n) is 14.0. The molecule has 2 heterocycles. The molecule has 0 aliphatic carbocycles. The van der Waals surface area contributed by atoms with E-state index >= 15 is 0 Å². The average Bonchev–Trinajstić information content (AvgIpc) is 2.91. The lowest BCUT2D eigenvalue weighted by Crippen LogP contribution is -2.12. The molecule has 40 heavy (non-hydrogen) atoms. The van der Waals surface area contributed by atoms with Crippen LogP contribution in [0.1, 0.15) is 83.6 Å². The number of nitrogens with zero attached hydrogens (tertiary/aromatic N) is 1. The fourth-order valence-electron chi connectivity index (χ4n) is 4.37. The van der Waals surface area contributed by atoms with Gasteiger partial charge >= 0.3 is 11.8 Å². The molecule has 0 aliphatic rings. The lowest BCUT2D eigenvalue weighted by atomic mass is 10.00. The topological polar surface area (TPSA) is 69.4 Å². The van der Waals surface area contributed by atoms with E-state index in [1.54, 1.807) is 24.3 Å². The Balaban J connectivity index is 0.00000178. The van der Waals surface area contributed by atoms with Gasteiger partial charge in [-0.05, 0) is 47.7 Å². The highest BCUT2D eigenvalue weighted by Crippen LogP contribution is 2.26. The molecule has 0 fully saturated rings. The van der Waals surface area contributed by atoms with Crippen LogP contribution in [0.2, 0.25) is 0 Å². The molecule has 0 saturated carbocycles. The second-order valence-electron chi connectivity index (χ2n) is 10.1. The van der Waals surface area contributed by atoms with Crippen molar-refractivity contribution in [2.24, 2.45) is 5.92 Å². The van der Waals surface area contributed by atoms with Gasteiger partial charge in [0.25, 0.3) is 0 Å². The smallest absolute Gasteiger partial charge is 0.393 e. The van der Waals surface area contributed by atoms with Crippen molar-refractivity contribution in [2.75, 3.05) is 6.61 Å². The number of hydrogen-bond donors (Lipinski definition) is 1. The zero-order valence-electron chi connectivity index (χ0n) is 23.3. The average molecular weight is 580 g/mol. The number of rotatable bonds is 15. The number of thiol groups is 1. The molecule has 9 heteroatoms. The van der Waals surface area contributed by atoms with Crippen molar-refractivity contribution in [1.82, 2.24) is 4.98 Å². The van der Waals surface area contributed by atoms with Crippen LogP contribution >= 0.6 is 12.6 Å². The van der Waals surface area contributed by atoms with Crippen LogP contribution in [0.5, 0.6) is 5.75 Å². The van der Waals surface area contributed by atoms with Gasteiger partial charge < -0.3 is 9.15 Å². The Morgan fingerprint density at radius 2 is 1.60 bits per heavy atom. The summed E-state index contributed by atoms with van der Waals surface area (Å²) in [7, 11) is 0. The number of carbonyl (C=O) groups excluding carboxylic acids is 1. The molecule has 3 aromatic rings. The quantitative estimate of drug-likeness (QED) is 0.111. The Bertz CT molecular complexity index is 1210. The van der Waals surface area contributed by atoms with Gasteiger partial charge in [-0.1, -0.05) is 83.8 Å². The van der Waals surface area contributed by atoms with Gasteiger partial charge in [-0.15, -0.1) is 12.6 Å². The number of benzene rings is 1. The van der Waals surface area contributed by atoms with Gasteiger partial charge in [0.2, 0.25) is 5.71 Å². The van der Waals surface area contributed by atoms with Crippen LogP contribution in [-0.2, 0) is 11.2 Å². The van der Waals surface area contributed by atoms with Gasteiger partial charge in [-0.2, -0.15) is 13.2 Å². The largest absolute Gasteiger partial charge is 0.494 e. The summed E-state index contributed by atoms with van der Waals surface area (Å²) in [5.74, 6) is 1.57. The molecule has 1 aromatic carbocycles. The summed E-state index contributed by atoms with van der Waals surface area (Å²) in [4.78, 5) is 25.0. The highest BCUT2D eigenvalue weighted by molar-refractivity contribution is 7.94. The molecule has 0 spiro atoms. The monoisotopic (exact) mass is 579 g/mol. The summed E-state index contributed by atoms with van der Waals surface area (Å²) in [6.45, 7) is 5.23. The predicted molar refractivity (Wildman–Crippen MR) is 158 cm³/mol. The first-order chi connectivity index (χ1) is 19.2. The van der Waals surface area contributed by atoms with Crippen molar-refractivity contribution >= 4 is 29.3 Å². The molecule has 1 atom stereocenters. The number of alkyl halides is 3. The number of ether oxygens (including phenoxy) is 1. The summed E-state index contributed by atoms with van der Waals surface area (Å²) in [5.41, 5.74) is 0.757. The second kappa shape index (κ2) is 17.8. The highest BCUT2D eigenvalue weighted by atomic mass is 32.1. The van der Waals surface area contributed by atoms with E-state index in [-0.39, 0.29) is 16.8 Å². The molecule has 3 rings (SSSR count). The lowest BCUT2D eigenvalue weighted by Gasteiger charge is -2.09. The van der Waals surface area contributed by atoms with E-state index in [0.717, 1.165) is 25.0 Å². The minimum atomic E-state index is -4.34. The zero-order valence-corrected chi connectivity index (χ0v) is 24.2. The first-order valence-corrected chi connectivity index (χ1v) is 14.5. The highest BCUT2D eigenvalue weighted by Gasteiger charge is 2.28. The Hall–Kier alpha value is -2.81. The minimum absolute atomic E-state index is 0.0145. The first kappa shape index (κ1) is 33.4. The van der Waals surface area contributed by atoms with Crippen LogP contribution in [-0.4, -0.2) is 23.4 Å². The molecule has 0 saturated heterocycles. The number of fused-ring (bicyclic) bond motifs is 1. The Labute approximate surface area is 239 Å². The molecule has 0 amide bonds. The SMILES string of the molecule is CCC(C)CCCCCCCCCCOc1ccc(-c2cc3cc(CC(F)(F)F)cnc3oc2=O)cc1.O=CS. The molecular weight excluding hydrogens is 539 g/mol. The van der Waals surface area contributed by atoms with Gasteiger partial charge in [0, 0.05) is 11.6 Å². The molecule has 0 bridgehead atoms. The minimum Gasteiger partial charge on any atom is -0.494 e. The molecule has 0 radical (unpaired) electrons. The van der Waals surface area contributed by atoms with Crippen LogP contribution in [0.25, 0.3) is 22.2 Å². The maximum atomic E-state index is 12.7. The van der Waals surface area contributed by atoms with E-state index in [4.69, 9.17) is 13.9 Å². The van der Waals surface area contributed by atoms with E-state index in [9.17, 15) is 18.0 Å². The van der Waals surface area contributed by atoms with Crippen LogP contribution in [0, 0.1) is 5.92 Å². The van der Waals surface area contributed by atoms with Crippen molar-refractivity contribution < 1.29 is 27.1 Å². The number of pyridine rings is 1. The molecule has 5 nitrogen and oxygen atoms in total. The number of halogens is 3. The number of aromatic nitrogens is 1. The fraction of sp³-hybridized carbons (Fsp3) is 0.516. The summed E-state index contributed by atoms with van der Waals surface area (Å²) >= 11 is 3.11. The van der Waals surface area contributed by atoms with Gasteiger partial charge in [-0.3, -0.25) is 4.79 Å². The Morgan fingerprint density at radius 1 is 1.00 bits per heavy atom. The maximum absolute atomic E-state index is 12.7. The van der Waals surface area contributed by atoms with Crippen molar-refractivity contribution in [1.29, 1.82) is 0 Å². The van der Waals surface area contributed by atoms with Crippen LogP contribution in [0.4, 0.5) is 13.2 Å². The fourth-order valence-corrected chi connectivity index (χ4v) is 4.37. The second-order valence-corrected chi connectivity index (χ2v) is 10.3. The third kappa shape index (κ3) is 12.6. The zero-order chi connectivity index (χ0) is 29.4. The van der Waals surface area contributed by atoms with E-state index < -0.39 is 18.2 Å². The Morgan fingerprint density at radius 3 is 2.20 bits per heavy atom. The van der Waals surface area contributed by atoms with Gasteiger partial charge in [0.05, 0.1) is 18.6 Å². The summed E-state index contributed by atoms with van der Waals surface area (Å²) < 4.78 is 49.2. The van der Waals surface area contributed by atoms with Crippen molar-refractivity contribution in [3.8, 4) is 16.9 Å². The standard InChI is InChI=1S/C30H38F3NO3.CH2OS/c1-3-22(2)12-10-8-6-4-5-7-9-11-17-36-26-15-13-24(14-16-26)27-19-25-18-23(20-30(31,32)33)21-34-28(25)37-29(27)35;2-1-3/h13-16,18-19,21-22H,3-12,17,20H2,1-2H3;1H,(H,2,3). The molecule has 0 aliphatic heterocycles. The van der Waals surface area contributed by atoms with E-state index in [2.05, 4.69) is 31.5 Å². The van der Waals surface area contributed by atoms with Crippen molar-refractivity contribution in [3.05, 3.63) is 58.6 Å². The number of hydrogen-bond acceptors (Lipinski definition) is 5. The summed E-state index contributed by atoms with van der Waals surface area (Å²) in [6, 6.07) is 9.96. The molecule has 2 aromatic heterocycles. The van der Waals surface area contributed by atoms with Crippen molar-refractivity contribution in [2.45, 2.75) is 90.7 Å². The normalized spacial score (nSPS) is 12.1. The third-order valence-corrected chi connectivity index (χ3v) is 6.77. The maximum Gasteiger partial charge on any atom is 0.393 e. The predicted octanol–water partition coefficient (Wildman–Crippen LogP) is 9.00. The van der Waals surface area contributed by atoms with Crippen LogP contribution in [0.15, 0.2) is 51.8 Å². The summed E-state index contributed by atoms with van der Waals surface area (Å²) in [5, 5.41) is 0.350. The number of unbranched alkanes of at least 4 members (excludes halogenated alkanes) is 7. The van der Waals surface area contributed by atoms with Gasteiger partial charge in [0.1, 0.15) is 5.75 Å². The number of carbonyl (C=O) groups is 1. The van der Waals surface area contributed by atoms with Gasteiger partial charge in [-0.25, -0.2) is 9.78 Å². The molecule has 0 N–H and O–H groups in total. The van der Waals surface area contributed by atoms with Crippen molar-refractivity contribution in [3.63, 3.8) is 0 Å². The van der Waals surface area contributed by atoms with Crippen LogP contribution < -0.4 is 10.4 Å². The van der Waals surface area contributed by atoms with E-state index in [1.807, 2.05) is 0 Å². The van der Waals surface area contributed by atoms with E-state index in [0.29, 0.717) is 28.9 Å². The lowest BCUT2D eigenvalue weighted by molar-refractivity contribution is -0.127. The van der Waals surface area contributed by atoms with E-state index in [1.165, 1.54) is 63.5 Å². The molecular formula is C31H40F3NO4S. The molecule has 220 valence electrons. The summed E-state index contributed by atoms with van der Waals surface area (Å²) in [6.07, 6.45) is 8.29. The third-order valence-electron chi connectivity index (χ3n) is 6.77. The Kier molecular flexibility index (Phi) is 14.9. The van der Waals surface area contributed by atoms with Gasteiger partial charge in [0.15, 0.2) is 5.62 Å².